The van der Waals surface area contributed by atoms with E-state index in [4.69, 9.17) is 0 Å². The van der Waals surface area contributed by atoms with Crippen LogP contribution in [0.1, 0.15) is 57.9 Å². The lowest BCUT2D eigenvalue weighted by Gasteiger charge is -2.49. The van der Waals surface area contributed by atoms with Crippen molar-refractivity contribution in [3.8, 4) is 0 Å². The van der Waals surface area contributed by atoms with Gasteiger partial charge in [0.05, 0.1) is 6.10 Å². The highest BCUT2D eigenvalue weighted by Gasteiger charge is 2.49. The molecule has 0 spiro atoms. The van der Waals surface area contributed by atoms with Crippen molar-refractivity contribution in [2.75, 3.05) is 6.54 Å². The van der Waals surface area contributed by atoms with E-state index in [1.165, 1.54) is 12.1 Å². The lowest BCUT2D eigenvalue weighted by Crippen LogP contribution is -2.58. The highest BCUT2D eigenvalue weighted by molar-refractivity contribution is 5.23. The largest absolute Gasteiger partial charge is 0.391 e. The summed E-state index contributed by atoms with van der Waals surface area (Å²) in [6.07, 6.45) is 0.488. The predicted octanol–water partition coefficient (Wildman–Crippen LogP) is 4.58. The van der Waals surface area contributed by atoms with E-state index < -0.39 is 12.0 Å². The summed E-state index contributed by atoms with van der Waals surface area (Å²) in [5, 5.41) is 10.6. The van der Waals surface area contributed by atoms with Gasteiger partial charge in [0.1, 0.15) is 5.82 Å². The number of aliphatic hydroxyl groups excluding tert-OH is 1. The molecule has 1 saturated heterocycles. The number of likely N-dealkylation sites (tertiary alicyclic amines) is 1. The second-order valence-electron chi connectivity index (χ2n) is 8.78. The zero-order valence-electron chi connectivity index (χ0n) is 15.2. The minimum Gasteiger partial charge on any atom is -0.391 e. The van der Waals surface area contributed by atoms with Gasteiger partial charge in [0.15, 0.2) is 0 Å². The molecule has 1 aromatic rings. The molecular weight excluding hydrogens is 327 g/mol. The summed E-state index contributed by atoms with van der Waals surface area (Å²) in [4.78, 5) is 2.12. The minimum absolute atomic E-state index is 0.115. The fourth-order valence-corrected chi connectivity index (χ4v) is 4.51. The Bertz CT molecular complexity index is 596. The molecule has 1 heterocycles. The first-order chi connectivity index (χ1) is 11.6. The van der Waals surface area contributed by atoms with Gasteiger partial charge < -0.3 is 5.11 Å². The van der Waals surface area contributed by atoms with Crippen LogP contribution in [0.25, 0.3) is 0 Å². The van der Waals surface area contributed by atoms with Gasteiger partial charge in [0, 0.05) is 31.5 Å². The Morgan fingerprint density at radius 1 is 1.12 bits per heavy atom. The number of benzene rings is 1. The molecule has 0 radical (unpaired) electrons. The van der Waals surface area contributed by atoms with Gasteiger partial charge in [-0.2, -0.15) is 0 Å². The van der Waals surface area contributed by atoms with Crippen molar-refractivity contribution in [1.82, 2.24) is 4.90 Å². The third-order valence-corrected chi connectivity index (χ3v) is 5.89. The van der Waals surface area contributed by atoms with Gasteiger partial charge in [-0.1, -0.05) is 32.9 Å². The highest BCUT2D eigenvalue weighted by Crippen LogP contribution is 2.45. The lowest BCUT2D eigenvalue weighted by atomic mass is 9.78. The van der Waals surface area contributed by atoms with Crippen LogP contribution in [0.15, 0.2) is 24.3 Å². The molecular formula is C20H28F3NO. The average Bonchev–Trinajstić information content (AvgIpc) is 2.88. The van der Waals surface area contributed by atoms with E-state index in [0.717, 1.165) is 12.0 Å². The molecule has 140 valence electrons. The zero-order chi connectivity index (χ0) is 18.4. The number of nitrogens with zero attached hydrogens (tertiary/aromatic N) is 1. The van der Waals surface area contributed by atoms with Crippen LogP contribution in [0, 0.1) is 11.2 Å². The summed E-state index contributed by atoms with van der Waals surface area (Å²) in [7, 11) is 0. The number of hydrogen-bond donors (Lipinski definition) is 1. The molecule has 0 bridgehead atoms. The van der Waals surface area contributed by atoms with Gasteiger partial charge in [-0.25, -0.2) is 13.2 Å². The van der Waals surface area contributed by atoms with Crippen molar-refractivity contribution in [3.05, 3.63) is 35.6 Å². The summed E-state index contributed by atoms with van der Waals surface area (Å²) in [6.45, 7) is 6.29. The third kappa shape index (κ3) is 4.03. The maximum atomic E-state index is 14.0. The summed E-state index contributed by atoms with van der Waals surface area (Å²) >= 11 is 0. The lowest BCUT2D eigenvalue weighted by molar-refractivity contribution is -0.120. The van der Waals surface area contributed by atoms with Crippen LogP contribution in [-0.2, 0) is 0 Å². The topological polar surface area (TPSA) is 23.5 Å². The monoisotopic (exact) mass is 355 g/mol. The van der Waals surface area contributed by atoms with E-state index >= 15 is 0 Å². The van der Waals surface area contributed by atoms with Gasteiger partial charge in [-0.05, 0) is 41.9 Å². The molecule has 1 aliphatic carbocycles. The Balaban J connectivity index is 1.79. The molecule has 5 heteroatoms. The van der Waals surface area contributed by atoms with E-state index in [2.05, 4.69) is 4.90 Å². The van der Waals surface area contributed by atoms with Crippen LogP contribution < -0.4 is 0 Å². The molecule has 1 N–H and O–H groups in total. The van der Waals surface area contributed by atoms with E-state index in [9.17, 15) is 18.3 Å². The Morgan fingerprint density at radius 3 is 2.36 bits per heavy atom. The molecule has 4 unspecified atom stereocenters. The molecule has 3 rings (SSSR count). The number of halogens is 3. The Labute approximate surface area is 148 Å². The highest BCUT2D eigenvalue weighted by atomic mass is 19.3. The molecule has 1 aliphatic heterocycles. The second kappa shape index (κ2) is 6.58. The Kier molecular flexibility index (Phi) is 4.93. The standard InChI is InChI=1S/C20H28F3NO/c1-19(2,3)18-12-20(22,23)8-9-24(18)16-10-14(11-17(16)25)13-4-6-15(21)7-5-13/h4-7,14,16-18,25H,8-12H2,1-3H3. The summed E-state index contributed by atoms with van der Waals surface area (Å²) in [6, 6.07) is 6.03. The van der Waals surface area contributed by atoms with Gasteiger partial charge in [0.25, 0.3) is 5.92 Å². The maximum Gasteiger partial charge on any atom is 0.250 e. The zero-order valence-corrected chi connectivity index (χ0v) is 15.2. The fraction of sp³-hybridized carbons (Fsp3) is 0.700. The van der Waals surface area contributed by atoms with E-state index in [0.29, 0.717) is 13.0 Å². The fourth-order valence-electron chi connectivity index (χ4n) is 4.51. The smallest absolute Gasteiger partial charge is 0.250 e. The van der Waals surface area contributed by atoms with Crippen molar-refractivity contribution in [2.24, 2.45) is 5.41 Å². The molecule has 25 heavy (non-hydrogen) atoms. The molecule has 2 aliphatic rings. The first kappa shape index (κ1) is 18.7. The maximum absolute atomic E-state index is 14.0. The second-order valence-corrected chi connectivity index (χ2v) is 8.78. The molecule has 2 nitrogen and oxygen atoms in total. The van der Waals surface area contributed by atoms with Crippen molar-refractivity contribution in [2.45, 2.75) is 76.5 Å². The number of piperidine rings is 1. The van der Waals surface area contributed by atoms with E-state index in [1.807, 2.05) is 20.8 Å². The molecule has 2 fully saturated rings. The predicted molar refractivity (Wildman–Crippen MR) is 92.3 cm³/mol. The van der Waals surface area contributed by atoms with Crippen LogP contribution in [0.2, 0.25) is 0 Å². The van der Waals surface area contributed by atoms with Gasteiger partial charge >= 0.3 is 0 Å². The quantitative estimate of drug-likeness (QED) is 0.839. The van der Waals surface area contributed by atoms with Gasteiger partial charge in [-0.15, -0.1) is 0 Å². The first-order valence-electron chi connectivity index (χ1n) is 9.14. The Hall–Kier alpha value is -1.07. The van der Waals surface area contributed by atoms with Gasteiger partial charge in [0.2, 0.25) is 0 Å². The first-order valence-corrected chi connectivity index (χ1v) is 9.14. The van der Waals surface area contributed by atoms with Crippen LogP contribution in [-0.4, -0.2) is 40.7 Å². The SMILES string of the molecule is CC(C)(C)C1CC(F)(F)CCN1C1CC(c2ccc(F)cc2)CC1O. The number of aliphatic hydroxyl groups is 1. The van der Waals surface area contributed by atoms with Crippen LogP contribution >= 0.6 is 0 Å². The normalized spacial score (nSPS) is 33.6. The molecule has 1 aromatic carbocycles. The Morgan fingerprint density at radius 2 is 1.76 bits per heavy atom. The summed E-state index contributed by atoms with van der Waals surface area (Å²) < 4.78 is 41.1. The number of rotatable bonds is 2. The van der Waals surface area contributed by atoms with E-state index in [1.54, 1.807) is 12.1 Å². The molecule has 1 saturated carbocycles. The van der Waals surface area contributed by atoms with Crippen molar-refractivity contribution >= 4 is 0 Å². The minimum atomic E-state index is -2.63. The molecule has 0 aromatic heterocycles. The summed E-state index contributed by atoms with van der Waals surface area (Å²) in [5.41, 5.74) is 0.731. The summed E-state index contributed by atoms with van der Waals surface area (Å²) in [5.74, 6) is -2.76. The number of hydrogen-bond acceptors (Lipinski definition) is 2. The van der Waals surface area contributed by atoms with Crippen LogP contribution in [0.3, 0.4) is 0 Å². The van der Waals surface area contributed by atoms with Crippen LogP contribution in [0.4, 0.5) is 13.2 Å². The van der Waals surface area contributed by atoms with Crippen molar-refractivity contribution < 1.29 is 18.3 Å². The van der Waals surface area contributed by atoms with E-state index in [-0.39, 0.29) is 42.1 Å². The van der Waals surface area contributed by atoms with Gasteiger partial charge in [-0.3, -0.25) is 4.90 Å². The van der Waals surface area contributed by atoms with Crippen molar-refractivity contribution in [3.63, 3.8) is 0 Å². The third-order valence-electron chi connectivity index (χ3n) is 5.89. The van der Waals surface area contributed by atoms with Crippen molar-refractivity contribution in [1.29, 1.82) is 0 Å². The van der Waals surface area contributed by atoms with Crippen LogP contribution in [0.5, 0.6) is 0 Å². The molecule has 0 amide bonds. The molecule has 4 atom stereocenters. The average molecular weight is 355 g/mol. The number of alkyl halides is 2.